The summed E-state index contributed by atoms with van der Waals surface area (Å²) < 4.78 is 6.09. The second-order valence-electron chi connectivity index (χ2n) is 7.94. The molecule has 110 valence electrons. The van der Waals surface area contributed by atoms with E-state index in [2.05, 4.69) is 18.2 Å². The van der Waals surface area contributed by atoms with Crippen molar-refractivity contribution in [2.45, 2.75) is 44.6 Å². The second-order valence-corrected chi connectivity index (χ2v) is 7.94. The third kappa shape index (κ3) is 1.75. The molecule has 4 fully saturated rings. The molecule has 1 atom stereocenters. The van der Waals surface area contributed by atoms with Crippen LogP contribution in [0.25, 0.3) is 11.0 Å². The maximum atomic E-state index is 6.76. The van der Waals surface area contributed by atoms with Gasteiger partial charge in [0.1, 0.15) is 11.3 Å². The van der Waals surface area contributed by atoms with Crippen LogP contribution in [0.2, 0.25) is 0 Å². The quantitative estimate of drug-likeness (QED) is 0.870. The third-order valence-corrected chi connectivity index (χ3v) is 6.50. The maximum Gasteiger partial charge on any atom is 0.134 e. The zero-order valence-electron chi connectivity index (χ0n) is 12.4. The average molecular weight is 281 g/mol. The van der Waals surface area contributed by atoms with Crippen molar-refractivity contribution in [3.8, 4) is 0 Å². The molecule has 2 heteroatoms. The lowest BCUT2D eigenvalue weighted by Gasteiger charge is -2.58. The molecule has 0 spiro atoms. The van der Waals surface area contributed by atoms with E-state index in [-0.39, 0.29) is 6.04 Å². The minimum absolute atomic E-state index is 0.0818. The van der Waals surface area contributed by atoms with Crippen molar-refractivity contribution in [3.05, 3.63) is 36.1 Å². The summed E-state index contributed by atoms with van der Waals surface area (Å²) >= 11 is 0. The molecule has 4 saturated carbocycles. The minimum atomic E-state index is 0.0818. The molecule has 1 unspecified atom stereocenters. The normalized spacial score (nSPS) is 39.0. The van der Waals surface area contributed by atoms with Gasteiger partial charge >= 0.3 is 0 Å². The van der Waals surface area contributed by atoms with Crippen LogP contribution in [0.15, 0.2) is 34.7 Å². The number of fused-ring (bicyclic) bond motifs is 1. The van der Waals surface area contributed by atoms with Crippen LogP contribution in [-0.2, 0) is 0 Å². The Kier molecular flexibility index (Phi) is 2.42. The highest BCUT2D eigenvalue weighted by Crippen LogP contribution is 2.63. The summed E-state index contributed by atoms with van der Waals surface area (Å²) in [5.74, 6) is 3.82. The molecule has 2 nitrogen and oxygen atoms in total. The summed E-state index contributed by atoms with van der Waals surface area (Å²) in [5.41, 5.74) is 8.07. The predicted octanol–water partition coefficient (Wildman–Crippen LogP) is 4.65. The van der Waals surface area contributed by atoms with Crippen LogP contribution in [0.3, 0.4) is 0 Å². The summed E-state index contributed by atoms with van der Waals surface area (Å²) in [6.07, 6.45) is 8.38. The van der Waals surface area contributed by atoms with Crippen LogP contribution in [-0.4, -0.2) is 0 Å². The van der Waals surface area contributed by atoms with Crippen LogP contribution in [0.5, 0.6) is 0 Å². The van der Waals surface area contributed by atoms with Crippen molar-refractivity contribution in [2.24, 2.45) is 28.9 Å². The number of benzene rings is 1. The Hall–Kier alpha value is -1.28. The van der Waals surface area contributed by atoms with Gasteiger partial charge in [0.25, 0.3) is 0 Å². The maximum absolute atomic E-state index is 6.76. The molecule has 4 aliphatic rings. The number of hydrogen-bond donors (Lipinski definition) is 1. The molecule has 4 bridgehead atoms. The van der Waals surface area contributed by atoms with Crippen molar-refractivity contribution in [1.29, 1.82) is 0 Å². The molecule has 2 aromatic rings. The third-order valence-electron chi connectivity index (χ3n) is 6.50. The molecule has 4 aliphatic carbocycles. The van der Waals surface area contributed by atoms with E-state index in [1.54, 1.807) is 0 Å². The van der Waals surface area contributed by atoms with Crippen LogP contribution in [0, 0.1) is 23.2 Å². The van der Waals surface area contributed by atoms with Gasteiger partial charge in [0.2, 0.25) is 0 Å². The van der Waals surface area contributed by atoms with Crippen molar-refractivity contribution in [2.75, 3.05) is 0 Å². The van der Waals surface area contributed by atoms with E-state index in [4.69, 9.17) is 10.2 Å². The minimum Gasteiger partial charge on any atom is -0.459 e. The van der Waals surface area contributed by atoms with Gasteiger partial charge in [-0.3, -0.25) is 0 Å². The average Bonchev–Trinajstić information content (AvgIpc) is 2.88. The molecule has 0 saturated heterocycles. The predicted molar refractivity (Wildman–Crippen MR) is 83.7 cm³/mol. The molecule has 21 heavy (non-hydrogen) atoms. The number of rotatable bonds is 2. The Morgan fingerprint density at radius 1 is 1.00 bits per heavy atom. The van der Waals surface area contributed by atoms with Crippen molar-refractivity contribution in [1.82, 2.24) is 0 Å². The van der Waals surface area contributed by atoms with E-state index < -0.39 is 0 Å². The van der Waals surface area contributed by atoms with E-state index in [0.717, 1.165) is 29.1 Å². The van der Waals surface area contributed by atoms with E-state index in [0.29, 0.717) is 5.41 Å². The van der Waals surface area contributed by atoms with Gasteiger partial charge in [-0.15, -0.1) is 0 Å². The Morgan fingerprint density at radius 2 is 1.62 bits per heavy atom. The number of nitrogens with two attached hydrogens (primary N) is 1. The molecule has 1 aromatic heterocycles. The van der Waals surface area contributed by atoms with E-state index in [9.17, 15) is 0 Å². The monoisotopic (exact) mass is 281 g/mol. The topological polar surface area (TPSA) is 39.2 Å². The van der Waals surface area contributed by atoms with Gasteiger partial charge in [-0.1, -0.05) is 18.2 Å². The summed E-state index contributed by atoms with van der Waals surface area (Å²) in [5, 5.41) is 1.19. The lowest BCUT2D eigenvalue weighted by molar-refractivity contribution is -0.0707. The fourth-order valence-corrected chi connectivity index (χ4v) is 6.02. The van der Waals surface area contributed by atoms with E-state index in [1.807, 2.05) is 12.1 Å². The van der Waals surface area contributed by atoms with Crippen molar-refractivity contribution in [3.63, 3.8) is 0 Å². The SMILES string of the molecule is NC(c1cc2ccccc2o1)C12CC3CC(CC(C3)C1)C2. The highest BCUT2D eigenvalue weighted by molar-refractivity contribution is 5.77. The zero-order valence-corrected chi connectivity index (χ0v) is 12.4. The van der Waals surface area contributed by atoms with Gasteiger partial charge < -0.3 is 10.2 Å². The lowest BCUT2D eigenvalue weighted by atomic mass is 9.47. The van der Waals surface area contributed by atoms with Gasteiger partial charge in [-0.05, 0) is 73.8 Å². The number of hydrogen-bond acceptors (Lipinski definition) is 2. The van der Waals surface area contributed by atoms with Gasteiger partial charge in [0.05, 0.1) is 6.04 Å². The smallest absolute Gasteiger partial charge is 0.134 e. The van der Waals surface area contributed by atoms with Crippen LogP contribution in [0.4, 0.5) is 0 Å². The Labute approximate surface area is 125 Å². The standard InChI is InChI=1S/C19H23NO/c20-18(17-8-15-3-1-2-4-16(15)21-17)19-9-12-5-13(10-19)7-14(6-12)11-19/h1-4,8,12-14,18H,5-7,9-11,20H2. The first-order valence-electron chi connectivity index (χ1n) is 8.46. The fraction of sp³-hybridized carbons (Fsp3) is 0.579. The zero-order chi connectivity index (χ0) is 14.0. The molecule has 6 rings (SSSR count). The molecule has 1 aromatic carbocycles. The molecular formula is C19H23NO. The highest BCUT2D eigenvalue weighted by Gasteiger charge is 2.54. The van der Waals surface area contributed by atoms with E-state index in [1.165, 1.54) is 43.9 Å². The first-order chi connectivity index (χ1) is 10.2. The first kappa shape index (κ1) is 12.3. The molecular weight excluding hydrogens is 258 g/mol. The van der Waals surface area contributed by atoms with Crippen molar-refractivity contribution < 1.29 is 4.42 Å². The fourth-order valence-electron chi connectivity index (χ4n) is 6.02. The Balaban J connectivity index is 1.54. The van der Waals surface area contributed by atoms with Gasteiger partial charge in [-0.2, -0.15) is 0 Å². The summed E-state index contributed by atoms with van der Waals surface area (Å²) in [6, 6.07) is 10.5. The lowest BCUT2D eigenvalue weighted by Crippen LogP contribution is -2.50. The summed E-state index contributed by atoms with van der Waals surface area (Å²) in [4.78, 5) is 0. The number of furan rings is 1. The first-order valence-corrected chi connectivity index (χ1v) is 8.46. The second kappa shape index (κ2) is 4.13. The largest absolute Gasteiger partial charge is 0.459 e. The molecule has 1 heterocycles. The van der Waals surface area contributed by atoms with Crippen LogP contribution >= 0.6 is 0 Å². The number of para-hydroxylation sites is 1. The molecule has 0 amide bonds. The molecule has 2 N–H and O–H groups in total. The Morgan fingerprint density at radius 3 is 2.24 bits per heavy atom. The van der Waals surface area contributed by atoms with Crippen LogP contribution in [0.1, 0.15) is 50.3 Å². The molecule has 0 radical (unpaired) electrons. The van der Waals surface area contributed by atoms with Crippen LogP contribution < -0.4 is 5.73 Å². The van der Waals surface area contributed by atoms with E-state index >= 15 is 0 Å². The molecule has 0 aliphatic heterocycles. The van der Waals surface area contributed by atoms with Gasteiger partial charge in [0, 0.05) is 5.39 Å². The van der Waals surface area contributed by atoms with Gasteiger partial charge in [-0.25, -0.2) is 0 Å². The Bertz CT molecular complexity index is 617. The summed E-state index contributed by atoms with van der Waals surface area (Å²) in [7, 11) is 0. The van der Waals surface area contributed by atoms with Crippen molar-refractivity contribution >= 4 is 11.0 Å². The van der Waals surface area contributed by atoms with Gasteiger partial charge in [0.15, 0.2) is 0 Å². The highest BCUT2D eigenvalue weighted by atomic mass is 16.3. The summed E-state index contributed by atoms with van der Waals surface area (Å²) in [6.45, 7) is 0.